The topological polar surface area (TPSA) is 73.0 Å². The number of carbonyl (C=O) groups is 1. The van der Waals surface area contributed by atoms with E-state index in [1.165, 1.54) is 0 Å². The summed E-state index contributed by atoms with van der Waals surface area (Å²) in [6.07, 6.45) is 2.23. The van der Waals surface area contributed by atoms with Gasteiger partial charge >= 0.3 is 0 Å². The highest BCUT2D eigenvalue weighted by atomic mass is 16.5. The fraction of sp³-hybridized carbons (Fsp3) is 0.417. The summed E-state index contributed by atoms with van der Waals surface area (Å²) < 4.78 is 6.73. The number of hydrogen-bond acceptors (Lipinski definition) is 4. The second kappa shape index (κ2) is 5.03. The molecule has 0 saturated carbocycles. The molecule has 2 heterocycles. The number of anilines is 1. The lowest BCUT2D eigenvalue weighted by Crippen LogP contribution is -2.15. The molecule has 0 atom stereocenters. The number of amides is 1. The van der Waals surface area contributed by atoms with Crippen molar-refractivity contribution < 1.29 is 9.32 Å². The van der Waals surface area contributed by atoms with Crippen molar-refractivity contribution in [2.45, 2.75) is 33.7 Å². The SMILES string of the molecule is Cc1ccn(CCC(=O)Nc2c(C)noc2C)n1. The van der Waals surface area contributed by atoms with E-state index in [2.05, 4.69) is 15.6 Å². The minimum absolute atomic E-state index is 0.0717. The summed E-state index contributed by atoms with van der Waals surface area (Å²) in [4.78, 5) is 11.8. The maximum atomic E-state index is 11.8. The lowest BCUT2D eigenvalue weighted by Gasteiger charge is -2.04. The highest BCUT2D eigenvalue weighted by molar-refractivity contribution is 5.91. The minimum Gasteiger partial charge on any atom is -0.359 e. The first-order chi connectivity index (χ1) is 8.56. The molecule has 2 aromatic rings. The van der Waals surface area contributed by atoms with Crippen LogP contribution in [0, 0.1) is 20.8 Å². The minimum atomic E-state index is -0.0717. The molecule has 2 aromatic heterocycles. The van der Waals surface area contributed by atoms with E-state index in [9.17, 15) is 4.79 Å². The normalized spacial score (nSPS) is 10.6. The smallest absolute Gasteiger partial charge is 0.226 e. The lowest BCUT2D eigenvalue weighted by molar-refractivity contribution is -0.116. The van der Waals surface area contributed by atoms with Gasteiger partial charge in [-0.1, -0.05) is 5.16 Å². The number of aryl methyl sites for hydroxylation is 4. The van der Waals surface area contributed by atoms with Gasteiger partial charge in [-0.15, -0.1) is 0 Å². The van der Waals surface area contributed by atoms with E-state index in [1.807, 2.05) is 19.2 Å². The van der Waals surface area contributed by atoms with Crippen LogP contribution < -0.4 is 5.32 Å². The summed E-state index contributed by atoms with van der Waals surface area (Å²) in [5.41, 5.74) is 2.30. The molecule has 96 valence electrons. The maximum absolute atomic E-state index is 11.8. The molecule has 0 aromatic carbocycles. The van der Waals surface area contributed by atoms with E-state index in [1.54, 1.807) is 18.5 Å². The van der Waals surface area contributed by atoms with Gasteiger partial charge in [0.2, 0.25) is 5.91 Å². The average Bonchev–Trinajstić information content (AvgIpc) is 2.87. The van der Waals surface area contributed by atoms with E-state index in [0.29, 0.717) is 30.1 Å². The molecule has 6 nitrogen and oxygen atoms in total. The summed E-state index contributed by atoms with van der Waals surface area (Å²) in [6.45, 7) is 6.04. The van der Waals surface area contributed by atoms with Gasteiger partial charge in [0.25, 0.3) is 0 Å². The van der Waals surface area contributed by atoms with E-state index in [0.717, 1.165) is 5.69 Å². The fourth-order valence-corrected chi connectivity index (χ4v) is 1.67. The number of nitrogens with one attached hydrogen (secondary N) is 1. The van der Waals surface area contributed by atoms with Crippen molar-refractivity contribution in [1.29, 1.82) is 0 Å². The summed E-state index contributed by atoms with van der Waals surface area (Å²) in [5, 5.41) is 10.8. The van der Waals surface area contributed by atoms with Gasteiger partial charge in [-0.05, 0) is 26.8 Å². The Labute approximate surface area is 105 Å². The van der Waals surface area contributed by atoms with Gasteiger partial charge < -0.3 is 9.84 Å². The zero-order chi connectivity index (χ0) is 13.1. The van der Waals surface area contributed by atoms with Gasteiger partial charge in [-0.25, -0.2) is 0 Å². The molecule has 0 aliphatic heterocycles. The zero-order valence-corrected chi connectivity index (χ0v) is 10.7. The second-order valence-corrected chi connectivity index (χ2v) is 4.22. The first kappa shape index (κ1) is 12.3. The molecule has 0 aliphatic rings. The predicted molar refractivity (Wildman–Crippen MR) is 66.2 cm³/mol. The molecular weight excluding hydrogens is 232 g/mol. The van der Waals surface area contributed by atoms with Crippen molar-refractivity contribution in [3.63, 3.8) is 0 Å². The highest BCUT2D eigenvalue weighted by Crippen LogP contribution is 2.18. The molecule has 0 unspecified atom stereocenters. The molecule has 0 bridgehead atoms. The number of hydrogen-bond donors (Lipinski definition) is 1. The van der Waals surface area contributed by atoms with Crippen molar-refractivity contribution in [1.82, 2.24) is 14.9 Å². The highest BCUT2D eigenvalue weighted by Gasteiger charge is 2.12. The zero-order valence-electron chi connectivity index (χ0n) is 10.7. The first-order valence-corrected chi connectivity index (χ1v) is 5.79. The summed E-state index contributed by atoms with van der Waals surface area (Å²) in [5.74, 6) is 0.549. The molecule has 2 rings (SSSR count). The Kier molecular flexibility index (Phi) is 3.45. The van der Waals surface area contributed by atoms with Gasteiger partial charge in [-0.2, -0.15) is 5.10 Å². The number of rotatable bonds is 4. The monoisotopic (exact) mass is 248 g/mol. The number of nitrogens with zero attached hydrogens (tertiary/aromatic N) is 3. The molecule has 0 spiro atoms. The van der Waals surface area contributed by atoms with E-state index < -0.39 is 0 Å². The van der Waals surface area contributed by atoms with Gasteiger partial charge in [0.15, 0.2) is 5.76 Å². The molecular formula is C12H16N4O2. The van der Waals surface area contributed by atoms with E-state index in [4.69, 9.17) is 4.52 Å². The third-order valence-electron chi connectivity index (χ3n) is 2.64. The van der Waals surface area contributed by atoms with Crippen molar-refractivity contribution >= 4 is 11.6 Å². The summed E-state index contributed by atoms with van der Waals surface area (Å²) in [6, 6.07) is 1.91. The molecule has 1 amide bonds. The van der Waals surface area contributed by atoms with Crippen LogP contribution in [0.1, 0.15) is 23.6 Å². The summed E-state index contributed by atoms with van der Waals surface area (Å²) >= 11 is 0. The lowest BCUT2D eigenvalue weighted by atomic mass is 10.3. The van der Waals surface area contributed by atoms with Crippen molar-refractivity contribution in [2.75, 3.05) is 5.32 Å². The van der Waals surface area contributed by atoms with Gasteiger partial charge in [0.1, 0.15) is 11.4 Å². The van der Waals surface area contributed by atoms with Crippen LogP contribution in [0.2, 0.25) is 0 Å². The van der Waals surface area contributed by atoms with Gasteiger partial charge in [-0.3, -0.25) is 9.48 Å². The molecule has 1 N–H and O–H groups in total. The molecule has 18 heavy (non-hydrogen) atoms. The second-order valence-electron chi connectivity index (χ2n) is 4.22. The van der Waals surface area contributed by atoms with Crippen LogP contribution in [0.4, 0.5) is 5.69 Å². The van der Waals surface area contributed by atoms with E-state index >= 15 is 0 Å². The fourth-order valence-electron chi connectivity index (χ4n) is 1.67. The largest absolute Gasteiger partial charge is 0.359 e. The molecule has 0 radical (unpaired) electrons. The van der Waals surface area contributed by atoms with Crippen LogP contribution in [0.3, 0.4) is 0 Å². The molecule has 0 fully saturated rings. The van der Waals surface area contributed by atoms with Crippen molar-refractivity contribution in [3.05, 3.63) is 29.4 Å². The number of carbonyl (C=O) groups excluding carboxylic acids is 1. The Morgan fingerprint density at radius 2 is 2.22 bits per heavy atom. The maximum Gasteiger partial charge on any atom is 0.226 e. The number of aromatic nitrogens is 3. The Bertz CT molecular complexity index is 537. The Morgan fingerprint density at radius 3 is 2.78 bits per heavy atom. The summed E-state index contributed by atoms with van der Waals surface area (Å²) in [7, 11) is 0. The van der Waals surface area contributed by atoms with Crippen LogP contribution in [-0.2, 0) is 11.3 Å². The Morgan fingerprint density at radius 1 is 1.44 bits per heavy atom. The van der Waals surface area contributed by atoms with Gasteiger partial charge in [0.05, 0.1) is 5.69 Å². The molecule has 0 aliphatic carbocycles. The van der Waals surface area contributed by atoms with Crippen LogP contribution in [0.25, 0.3) is 0 Å². The van der Waals surface area contributed by atoms with Crippen molar-refractivity contribution in [3.8, 4) is 0 Å². The van der Waals surface area contributed by atoms with Gasteiger partial charge in [0, 0.05) is 19.2 Å². The van der Waals surface area contributed by atoms with Crippen LogP contribution in [0.5, 0.6) is 0 Å². The predicted octanol–water partition coefficient (Wildman–Crippen LogP) is 1.83. The first-order valence-electron chi connectivity index (χ1n) is 5.79. The third-order valence-corrected chi connectivity index (χ3v) is 2.64. The Hall–Kier alpha value is -2.11. The average molecular weight is 248 g/mol. The quantitative estimate of drug-likeness (QED) is 0.895. The van der Waals surface area contributed by atoms with Crippen LogP contribution >= 0.6 is 0 Å². The van der Waals surface area contributed by atoms with E-state index in [-0.39, 0.29) is 5.91 Å². The van der Waals surface area contributed by atoms with Crippen LogP contribution in [0.15, 0.2) is 16.8 Å². The Balaban J connectivity index is 1.89. The third kappa shape index (κ3) is 2.77. The van der Waals surface area contributed by atoms with Crippen molar-refractivity contribution in [2.24, 2.45) is 0 Å². The molecule has 0 saturated heterocycles. The standard InChI is InChI=1S/C12H16N4O2/c1-8-4-6-16(14-8)7-5-11(17)13-12-9(2)15-18-10(12)3/h4,6H,5,7H2,1-3H3,(H,13,17). The molecule has 6 heteroatoms. The van der Waals surface area contributed by atoms with Crippen LogP contribution in [-0.4, -0.2) is 20.8 Å².